The number of piperidine rings is 1. The number of carbonyl (C=O) groups is 1. The van der Waals surface area contributed by atoms with Gasteiger partial charge in [0, 0.05) is 18.2 Å². The van der Waals surface area contributed by atoms with Gasteiger partial charge < -0.3 is 4.74 Å². The van der Waals surface area contributed by atoms with Crippen LogP contribution < -0.4 is 0 Å². The number of hydrogen-bond donors (Lipinski definition) is 0. The van der Waals surface area contributed by atoms with E-state index in [1.165, 1.54) is 0 Å². The minimum Gasteiger partial charge on any atom is -0.464 e. The molecule has 19 heavy (non-hydrogen) atoms. The second-order valence-electron chi connectivity index (χ2n) is 5.19. The van der Waals surface area contributed by atoms with Crippen LogP contribution in [0.4, 0.5) is 4.39 Å². The summed E-state index contributed by atoms with van der Waals surface area (Å²) in [5, 5.41) is 0.155. The molecular weight excluding hydrogens is 269 g/mol. The van der Waals surface area contributed by atoms with Gasteiger partial charge in [0.05, 0.1) is 10.9 Å². The first-order chi connectivity index (χ1) is 9.15. The molecule has 2 aliphatic heterocycles. The highest BCUT2D eigenvalue weighted by atomic mass is 35.5. The Morgan fingerprint density at radius 1 is 1.47 bits per heavy atom. The minimum atomic E-state index is -0.348. The number of ether oxygens (including phenoxy) is 1. The summed E-state index contributed by atoms with van der Waals surface area (Å²) in [4.78, 5) is 13.6. The molecule has 2 aliphatic rings. The van der Waals surface area contributed by atoms with Crippen molar-refractivity contribution in [1.82, 2.24) is 4.90 Å². The van der Waals surface area contributed by atoms with Crippen molar-refractivity contribution in [2.75, 3.05) is 13.2 Å². The van der Waals surface area contributed by atoms with Gasteiger partial charge in [-0.05, 0) is 25.5 Å². The SMILES string of the molecule is O=C1OCC2CC1CCN2Cc1cccc(Cl)c1F. The molecule has 0 aromatic heterocycles. The lowest BCUT2D eigenvalue weighted by Crippen LogP contribution is -2.50. The number of nitrogens with zero attached hydrogens (tertiary/aromatic N) is 1. The summed E-state index contributed by atoms with van der Waals surface area (Å²) < 4.78 is 19.1. The van der Waals surface area contributed by atoms with Gasteiger partial charge in [0.15, 0.2) is 0 Å². The molecule has 2 heterocycles. The van der Waals surface area contributed by atoms with Crippen molar-refractivity contribution >= 4 is 17.6 Å². The monoisotopic (exact) mass is 283 g/mol. The van der Waals surface area contributed by atoms with Crippen LogP contribution in [0.1, 0.15) is 18.4 Å². The first-order valence-electron chi connectivity index (χ1n) is 6.48. The summed E-state index contributed by atoms with van der Waals surface area (Å²) in [5.41, 5.74) is 0.600. The third kappa shape index (κ3) is 2.47. The van der Waals surface area contributed by atoms with E-state index in [0.717, 1.165) is 19.4 Å². The quantitative estimate of drug-likeness (QED) is 0.782. The Hall–Kier alpha value is -1.13. The lowest BCUT2D eigenvalue weighted by atomic mass is 9.89. The van der Waals surface area contributed by atoms with Crippen LogP contribution in [0, 0.1) is 11.7 Å². The van der Waals surface area contributed by atoms with Gasteiger partial charge in [0.25, 0.3) is 0 Å². The second kappa shape index (κ2) is 5.10. The second-order valence-corrected chi connectivity index (χ2v) is 5.60. The van der Waals surface area contributed by atoms with E-state index in [9.17, 15) is 9.18 Å². The van der Waals surface area contributed by atoms with Gasteiger partial charge in [-0.2, -0.15) is 0 Å². The molecule has 0 saturated carbocycles. The van der Waals surface area contributed by atoms with E-state index in [1.807, 2.05) is 0 Å². The van der Waals surface area contributed by atoms with Crippen molar-refractivity contribution in [2.45, 2.75) is 25.4 Å². The standard InChI is InChI=1S/C14H15ClFNO2/c15-12-3-1-2-10(13(12)16)7-17-5-4-9-6-11(17)8-19-14(9)18/h1-3,9,11H,4-8H2. The summed E-state index contributed by atoms with van der Waals surface area (Å²) >= 11 is 5.79. The predicted octanol–water partition coefficient (Wildman–Crippen LogP) is 2.62. The molecule has 5 heteroatoms. The zero-order valence-corrected chi connectivity index (χ0v) is 11.2. The number of hydrogen-bond acceptors (Lipinski definition) is 3. The van der Waals surface area contributed by atoms with Gasteiger partial charge in [0.1, 0.15) is 12.4 Å². The maximum absolute atomic E-state index is 13.9. The van der Waals surface area contributed by atoms with Gasteiger partial charge in [-0.1, -0.05) is 23.7 Å². The van der Waals surface area contributed by atoms with Gasteiger partial charge in [-0.15, -0.1) is 0 Å². The van der Waals surface area contributed by atoms with E-state index in [1.54, 1.807) is 18.2 Å². The fraction of sp³-hybridized carbons (Fsp3) is 0.500. The number of fused-ring (bicyclic) bond motifs is 2. The maximum atomic E-state index is 13.9. The van der Waals surface area contributed by atoms with Crippen LogP contribution in [0.3, 0.4) is 0 Å². The first-order valence-corrected chi connectivity index (χ1v) is 6.86. The summed E-state index contributed by atoms with van der Waals surface area (Å²) in [6, 6.07) is 5.26. The third-order valence-electron chi connectivity index (χ3n) is 3.99. The first kappa shape index (κ1) is 12.9. The van der Waals surface area contributed by atoms with Crippen LogP contribution in [0.5, 0.6) is 0 Å². The zero-order chi connectivity index (χ0) is 13.4. The Morgan fingerprint density at radius 2 is 2.32 bits per heavy atom. The van der Waals surface area contributed by atoms with Gasteiger partial charge in [-0.25, -0.2) is 4.39 Å². The Morgan fingerprint density at radius 3 is 3.16 bits per heavy atom. The number of cyclic esters (lactones) is 1. The van der Waals surface area contributed by atoms with Crippen LogP contribution in [0.15, 0.2) is 18.2 Å². The average Bonchev–Trinajstić information content (AvgIpc) is 2.42. The molecule has 1 aromatic rings. The molecule has 0 spiro atoms. The van der Waals surface area contributed by atoms with Crippen LogP contribution >= 0.6 is 11.6 Å². The molecule has 2 bridgehead atoms. The zero-order valence-electron chi connectivity index (χ0n) is 10.4. The van der Waals surface area contributed by atoms with Crippen molar-refractivity contribution < 1.29 is 13.9 Å². The Balaban J connectivity index is 1.74. The molecule has 3 rings (SSSR count). The average molecular weight is 284 g/mol. The Kier molecular flexibility index (Phi) is 3.46. The Bertz CT molecular complexity index is 508. The number of halogens is 2. The molecule has 2 saturated heterocycles. The molecule has 2 atom stereocenters. The molecule has 1 aromatic carbocycles. The van der Waals surface area contributed by atoms with E-state index in [0.29, 0.717) is 18.7 Å². The highest BCUT2D eigenvalue weighted by molar-refractivity contribution is 6.30. The molecule has 3 nitrogen and oxygen atoms in total. The van der Waals surface area contributed by atoms with E-state index in [-0.39, 0.29) is 28.8 Å². The number of esters is 1. The lowest BCUT2D eigenvalue weighted by Gasteiger charge is -2.41. The van der Waals surface area contributed by atoms with Crippen molar-refractivity contribution in [1.29, 1.82) is 0 Å². The summed E-state index contributed by atoms with van der Waals surface area (Å²) in [6.45, 7) is 1.73. The van der Waals surface area contributed by atoms with Crippen LogP contribution in [-0.2, 0) is 16.1 Å². The molecule has 102 valence electrons. The topological polar surface area (TPSA) is 29.5 Å². The van der Waals surface area contributed by atoms with Gasteiger partial charge in [0.2, 0.25) is 0 Å². The fourth-order valence-electron chi connectivity index (χ4n) is 2.88. The molecular formula is C14H15ClFNO2. The molecule has 2 unspecified atom stereocenters. The maximum Gasteiger partial charge on any atom is 0.309 e. The highest BCUT2D eigenvalue weighted by Gasteiger charge is 2.38. The molecule has 0 N–H and O–H groups in total. The number of carbonyl (C=O) groups excluding carboxylic acids is 1. The van der Waals surface area contributed by atoms with Crippen LogP contribution in [0.2, 0.25) is 5.02 Å². The molecule has 0 amide bonds. The van der Waals surface area contributed by atoms with Crippen LogP contribution in [-0.4, -0.2) is 30.1 Å². The smallest absolute Gasteiger partial charge is 0.309 e. The predicted molar refractivity (Wildman–Crippen MR) is 69.3 cm³/mol. The minimum absolute atomic E-state index is 0.0270. The lowest BCUT2D eigenvalue weighted by molar-refractivity contribution is -0.162. The van der Waals surface area contributed by atoms with Crippen molar-refractivity contribution in [3.8, 4) is 0 Å². The fourth-order valence-corrected chi connectivity index (χ4v) is 3.07. The largest absolute Gasteiger partial charge is 0.464 e. The van der Waals surface area contributed by atoms with Gasteiger partial charge >= 0.3 is 5.97 Å². The summed E-state index contributed by atoms with van der Waals surface area (Å²) in [5.74, 6) is -0.400. The molecule has 0 aliphatic carbocycles. The van der Waals surface area contributed by atoms with E-state index in [4.69, 9.17) is 16.3 Å². The summed E-state index contributed by atoms with van der Waals surface area (Å²) in [6.07, 6.45) is 1.61. The number of rotatable bonds is 2. The van der Waals surface area contributed by atoms with E-state index >= 15 is 0 Å². The van der Waals surface area contributed by atoms with Crippen LogP contribution in [0.25, 0.3) is 0 Å². The van der Waals surface area contributed by atoms with E-state index in [2.05, 4.69) is 4.90 Å². The number of benzene rings is 1. The normalized spacial score (nSPS) is 27.2. The molecule has 0 radical (unpaired) electrons. The highest BCUT2D eigenvalue weighted by Crippen LogP contribution is 2.30. The van der Waals surface area contributed by atoms with Gasteiger partial charge in [-0.3, -0.25) is 9.69 Å². The van der Waals surface area contributed by atoms with Crippen molar-refractivity contribution in [3.63, 3.8) is 0 Å². The number of likely N-dealkylation sites (tertiary alicyclic amines) is 1. The summed E-state index contributed by atoms with van der Waals surface area (Å²) in [7, 11) is 0. The Labute approximate surface area is 116 Å². The van der Waals surface area contributed by atoms with Crippen molar-refractivity contribution in [3.05, 3.63) is 34.6 Å². The van der Waals surface area contributed by atoms with Crippen molar-refractivity contribution in [2.24, 2.45) is 5.92 Å². The molecule has 2 fully saturated rings. The third-order valence-corrected chi connectivity index (χ3v) is 4.29. The van der Waals surface area contributed by atoms with E-state index < -0.39 is 0 Å².